The summed E-state index contributed by atoms with van der Waals surface area (Å²) >= 11 is 0. The van der Waals surface area contributed by atoms with Crippen molar-refractivity contribution in [2.75, 3.05) is 61.0 Å². The molecular weight excluding hydrogens is 533 g/mol. The van der Waals surface area contributed by atoms with Crippen molar-refractivity contribution in [1.82, 2.24) is 0 Å². The van der Waals surface area contributed by atoms with Gasteiger partial charge in [0, 0.05) is 41.2 Å². The standard InChI is InChI=1S/3C5H11O3.Bi/c3*1-5(7-2)8-4-3-6;/h3*5H,3-4H2,1-2H3;/q3*-1;+3. The first kappa shape index (κ1) is 33.1. The number of methoxy groups -OCH3 is 3. The molecule has 0 bridgehead atoms. The molecule has 0 amide bonds. The fourth-order valence-corrected chi connectivity index (χ4v) is 0.846. The third-order valence-corrected chi connectivity index (χ3v) is 2.30. The van der Waals surface area contributed by atoms with Crippen LogP contribution in [0, 0.1) is 0 Å². The summed E-state index contributed by atoms with van der Waals surface area (Å²) in [5, 5.41) is 29.3. The molecule has 0 aliphatic carbocycles. The maximum atomic E-state index is 9.77. The molecule has 0 aliphatic rings. The topological polar surface area (TPSA) is 125 Å². The van der Waals surface area contributed by atoms with Gasteiger partial charge >= 0.3 is 26.2 Å². The first-order valence-corrected chi connectivity index (χ1v) is 7.60. The largest absolute Gasteiger partial charge is 3.00 e. The first-order valence-electron chi connectivity index (χ1n) is 7.60. The molecule has 3 atom stereocenters. The van der Waals surface area contributed by atoms with Crippen molar-refractivity contribution in [2.45, 2.75) is 39.6 Å². The maximum absolute atomic E-state index is 9.77. The van der Waals surface area contributed by atoms with E-state index in [4.69, 9.17) is 28.4 Å². The maximum Gasteiger partial charge on any atom is 3.00 e. The molecule has 0 aliphatic heterocycles. The smallest absolute Gasteiger partial charge is 0.853 e. The fourth-order valence-electron chi connectivity index (χ4n) is 0.846. The Kier molecular flexibility index (Phi) is 38.8. The molecule has 9 nitrogen and oxygen atoms in total. The zero-order valence-electron chi connectivity index (χ0n) is 16.1. The zero-order valence-corrected chi connectivity index (χ0v) is 19.6. The molecular formula is C15H33BiO9. The second-order valence-electron chi connectivity index (χ2n) is 4.13. The van der Waals surface area contributed by atoms with Crippen LogP contribution in [-0.2, 0) is 28.4 Å². The number of ether oxygens (including phenoxy) is 6. The van der Waals surface area contributed by atoms with Gasteiger partial charge in [0.25, 0.3) is 0 Å². The SMILES string of the molecule is COC(C)OCC[O-].COC(C)OCC[O-].COC(C)OCC[O-].[Bi+3]. The predicted octanol–water partition coefficient (Wildman–Crippen LogP) is -2.31. The van der Waals surface area contributed by atoms with Gasteiger partial charge in [0.05, 0.1) is 0 Å². The number of hydrogen-bond donors (Lipinski definition) is 0. The Hall–Kier alpha value is 0.523. The first-order chi connectivity index (χ1) is 11.4. The van der Waals surface area contributed by atoms with E-state index in [1.165, 1.54) is 21.3 Å². The van der Waals surface area contributed by atoms with Gasteiger partial charge in [-0.1, -0.05) is 0 Å². The summed E-state index contributed by atoms with van der Waals surface area (Å²) in [6.45, 7) is 5.33. The molecule has 0 aromatic heterocycles. The van der Waals surface area contributed by atoms with Crippen LogP contribution in [0.1, 0.15) is 20.8 Å². The van der Waals surface area contributed by atoms with E-state index in [0.29, 0.717) is 0 Å². The van der Waals surface area contributed by atoms with E-state index in [9.17, 15) is 15.3 Å². The van der Waals surface area contributed by atoms with Gasteiger partial charge in [0.1, 0.15) is 0 Å². The Morgan fingerprint density at radius 3 is 0.880 bits per heavy atom. The predicted molar refractivity (Wildman–Crippen MR) is 87.6 cm³/mol. The Labute approximate surface area is 170 Å². The van der Waals surface area contributed by atoms with Crippen molar-refractivity contribution in [3.8, 4) is 0 Å². The van der Waals surface area contributed by atoms with Gasteiger partial charge in [0.15, 0.2) is 18.9 Å². The number of rotatable bonds is 12. The molecule has 25 heavy (non-hydrogen) atoms. The molecule has 0 N–H and O–H groups in total. The fraction of sp³-hybridized carbons (Fsp3) is 1.00. The summed E-state index contributed by atoms with van der Waals surface area (Å²) in [5.74, 6) is 0. The van der Waals surface area contributed by atoms with Gasteiger partial charge in [-0.15, -0.1) is 19.8 Å². The molecule has 0 saturated carbocycles. The Bertz CT molecular complexity index is 180. The van der Waals surface area contributed by atoms with Crippen LogP contribution in [0.2, 0.25) is 0 Å². The molecule has 0 aromatic carbocycles. The van der Waals surface area contributed by atoms with Gasteiger partial charge in [-0.3, -0.25) is 0 Å². The third-order valence-electron chi connectivity index (χ3n) is 2.30. The third kappa shape index (κ3) is 36.3. The minimum atomic E-state index is -0.246. The summed E-state index contributed by atoms with van der Waals surface area (Å²) in [6.07, 6.45) is -0.739. The van der Waals surface area contributed by atoms with E-state index in [0.717, 1.165) is 0 Å². The van der Waals surface area contributed by atoms with Crippen LogP contribution in [0.15, 0.2) is 0 Å². The van der Waals surface area contributed by atoms with Gasteiger partial charge in [-0.05, 0) is 20.8 Å². The van der Waals surface area contributed by atoms with Crippen molar-refractivity contribution < 1.29 is 43.7 Å². The monoisotopic (exact) mass is 566 g/mol. The molecule has 3 unspecified atom stereocenters. The summed E-state index contributed by atoms with van der Waals surface area (Å²) in [4.78, 5) is 0. The summed E-state index contributed by atoms with van der Waals surface area (Å²) in [7, 11) is 4.61. The zero-order chi connectivity index (χ0) is 19.2. The second-order valence-corrected chi connectivity index (χ2v) is 4.13. The van der Waals surface area contributed by atoms with E-state index < -0.39 is 0 Å². The normalized spacial score (nSPS) is 13.3. The van der Waals surface area contributed by atoms with Crippen molar-refractivity contribution in [2.24, 2.45) is 0 Å². The van der Waals surface area contributed by atoms with Crippen LogP contribution < -0.4 is 15.3 Å². The molecule has 0 aromatic rings. The van der Waals surface area contributed by atoms with E-state index in [1.54, 1.807) is 20.8 Å². The molecule has 0 saturated heterocycles. The Balaban J connectivity index is -0.000000130. The Morgan fingerprint density at radius 1 is 0.560 bits per heavy atom. The van der Waals surface area contributed by atoms with E-state index in [2.05, 4.69) is 0 Å². The minimum absolute atomic E-state index is 0. The van der Waals surface area contributed by atoms with Crippen LogP contribution >= 0.6 is 0 Å². The van der Waals surface area contributed by atoms with Crippen molar-refractivity contribution in [3.05, 3.63) is 0 Å². The van der Waals surface area contributed by atoms with Gasteiger partial charge < -0.3 is 43.7 Å². The van der Waals surface area contributed by atoms with Crippen LogP contribution in [-0.4, -0.2) is 106 Å². The van der Waals surface area contributed by atoms with Crippen LogP contribution in [0.3, 0.4) is 0 Å². The van der Waals surface area contributed by atoms with Crippen LogP contribution in [0.4, 0.5) is 0 Å². The molecule has 0 rings (SSSR count). The van der Waals surface area contributed by atoms with Gasteiger partial charge in [0.2, 0.25) is 0 Å². The van der Waals surface area contributed by atoms with Crippen molar-refractivity contribution >= 4 is 26.2 Å². The van der Waals surface area contributed by atoms with E-state index >= 15 is 0 Å². The van der Waals surface area contributed by atoms with Crippen LogP contribution in [0.25, 0.3) is 0 Å². The summed E-state index contributed by atoms with van der Waals surface area (Å²) in [6, 6.07) is 0. The summed E-state index contributed by atoms with van der Waals surface area (Å²) < 4.78 is 28.5. The number of hydrogen-bond acceptors (Lipinski definition) is 9. The van der Waals surface area contributed by atoms with Crippen molar-refractivity contribution in [1.29, 1.82) is 0 Å². The molecule has 2 radical (unpaired) electrons. The van der Waals surface area contributed by atoms with E-state index in [-0.39, 0.29) is 84.7 Å². The molecule has 0 fully saturated rings. The van der Waals surface area contributed by atoms with E-state index in [1.807, 2.05) is 0 Å². The summed E-state index contributed by atoms with van der Waals surface area (Å²) in [5.41, 5.74) is 0. The Morgan fingerprint density at radius 2 is 0.760 bits per heavy atom. The second kappa shape index (κ2) is 29.3. The molecule has 0 heterocycles. The molecule has 152 valence electrons. The average Bonchev–Trinajstić information content (AvgIpc) is 2.62. The quantitative estimate of drug-likeness (QED) is 0.189. The van der Waals surface area contributed by atoms with Crippen molar-refractivity contribution in [3.63, 3.8) is 0 Å². The molecule has 10 heteroatoms. The van der Waals surface area contributed by atoms with Crippen LogP contribution in [0.5, 0.6) is 0 Å². The minimum Gasteiger partial charge on any atom is -0.853 e. The molecule has 0 spiro atoms. The van der Waals surface area contributed by atoms with Gasteiger partial charge in [-0.25, -0.2) is 0 Å². The van der Waals surface area contributed by atoms with Gasteiger partial charge in [-0.2, -0.15) is 0 Å². The average molecular weight is 566 g/mol.